The number of carbonyl (C=O) groups excluding carboxylic acids is 3. The maximum absolute atomic E-state index is 13.0. The Morgan fingerprint density at radius 1 is 0.261 bits per heavy atom. The van der Waals surface area contributed by atoms with Gasteiger partial charge in [-0.05, 0) is 161 Å². The highest BCUT2D eigenvalue weighted by Gasteiger charge is 2.29. The highest BCUT2D eigenvalue weighted by Crippen LogP contribution is 2.45. The van der Waals surface area contributed by atoms with Crippen molar-refractivity contribution in [2.75, 3.05) is 39.6 Å². The summed E-state index contributed by atoms with van der Waals surface area (Å²) < 4.78 is 61.3. The third-order valence-corrected chi connectivity index (χ3v) is 19.5. The minimum Gasteiger partial charge on any atom is -0.463 e. The van der Waals surface area contributed by atoms with Gasteiger partial charge in [0.1, 0.15) is 25.4 Å². The van der Waals surface area contributed by atoms with Crippen LogP contribution in [0.1, 0.15) is 329 Å². The number of esters is 3. The molecule has 0 aromatic heterocycles. The number of rotatable bonds is 80. The topological polar surface area (TPSA) is 231 Å². The maximum atomic E-state index is 13.0. The molecule has 18 heteroatoms. The van der Waals surface area contributed by atoms with Crippen LogP contribution in [0.3, 0.4) is 0 Å². The molecule has 0 spiro atoms. The molecular formula is C93H154O16P2. The Morgan fingerprint density at radius 2 is 0.477 bits per heavy atom. The van der Waals surface area contributed by atoms with Gasteiger partial charge in [-0.1, -0.05) is 331 Å². The van der Waals surface area contributed by atoms with Crippen LogP contribution in [0.5, 0.6) is 0 Å². The summed E-state index contributed by atoms with van der Waals surface area (Å²) in [5.41, 5.74) is 0. The zero-order chi connectivity index (χ0) is 80.8. The van der Waals surface area contributed by atoms with Crippen molar-refractivity contribution >= 4 is 33.6 Å². The average molecular weight is 1590 g/mol. The smallest absolute Gasteiger partial charge is 0.463 e. The first kappa shape index (κ1) is 106. The van der Waals surface area contributed by atoms with E-state index in [-0.39, 0.29) is 19.3 Å². The Kier molecular flexibility index (Phi) is 80.0. The highest BCUT2D eigenvalue weighted by molar-refractivity contribution is 7.47. The van der Waals surface area contributed by atoms with Gasteiger partial charge in [-0.2, -0.15) is 0 Å². The first-order valence-electron chi connectivity index (χ1n) is 43.1. The molecule has 0 radical (unpaired) electrons. The molecule has 0 aliphatic carbocycles. The molecule has 111 heavy (non-hydrogen) atoms. The molecule has 0 fully saturated rings. The van der Waals surface area contributed by atoms with Crippen LogP contribution >= 0.6 is 15.6 Å². The Balaban J connectivity index is 4.65. The summed E-state index contributed by atoms with van der Waals surface area (Å²) in [5, 5.41) is 20.7. The second kappa shape index (κ2) is 84.1. The van der Waals surface area contributed by atoms with Crippen molar-refractivity contribution in [3.63, 3.8) is 0 Å². The lowest BCUT2D eigenvalue weighted by molar-refractivity contribution is -0.161. The predicted octanol–water partition coefficient (Wildman–Crippen LogP) is 26.1. The molecule has 16 nitrogen and oxygen atoms in total. The summed E-state index contributed by atoms with van der Waals surface area (Å²) in [4.78, 5) is 58.9. The van der Waals surface area contributed by atoms with E-state index in [9.17, 15) is 43.5 Å². The van der Waals surface area contributed by atoms with Gasteiger partial charge in [-0.15, -0.1) is 0 Å². The number of aliphatic hydroxyl groups is 2. The Labute approximate surface area is 675 Å². The van der Waals surface area contributed by atoms with Gasteiger partial charge in [-0.25, -0.2) is 9.13 Å². The van der Waals surface area contributed by atoms with E-state index in [2.05, 4.69) is 203 Å². The fraction of sp³-hybridized carbons (Fsp3) is 0.645. The van der Waals surface area contributed by atoms with Gasteiger partial charge in [-0.3, -0.25) is 32.5 Å². The van der Waals surface area contributed by atoms with Crippen LogP contribution in [0.25, 0.3) is 0 Å². The number of ether oxygens (including phenoxy) is 3. The van der Waals surface area contributed by atoms with E-state index < -0.39 is 91.5 Å². The monoisotopic (exact) mass is 1590 g/mol. The quantitative estimate of drug-likeness (QED) is 0.0146. The van der Waals surface area contributed by atoms with Crippen molar-refractivity contribution in [1.29, 1.82) is 0 Å². The number of hydrogen-bond acceptors (Lipinski definition) is 14. The van der Waals surface area contributed by atoms with Crippen molar-refractivity contribution in [1.82, 2.24) is 0 Å². The zero-order valence-electron chi connectivity index (χ0n) is 69.3. The van der Waals surface area contributed by atoms with Gasteiger partial charge in [0.2, 0.25) is 0 Å². The number of phosphoric acid groups is 2. The van der Waals surface area contributed by atoms with Gasteiger partial charge in [0.05, 0.1) is 26.4 Å². The van der Waals surface area contributed by atoms with Crippen LogP contribution in [-0.2, 0) is 55.8 Å². The summed E-state index contributed by atoms with van der Waals surface area (Å²) in [6.07, 6.45) is 109. The first-order valence-corrected chi connectivity index (χ1v) is 46.1. The van der Waals surface area contributed by atoms with Crippen LogP contribution in [0, 0.1) is 0 Å². The lowest BCUT2D eigenvalue weighted by Gasteiger charge is -2.21. The van der Waals surface area contributed by atoms with E-state index in [4.69, 9.17) is 32.3 Å². The third kappa shape index (κ3) is 85.4. The zero-order valence-corrected chi connectivity index (χ0v) is 71.1. The van der Waals surface area contributed by atoms with Crippen LogP contribution in [-0.4, -0.2) is 95.9 Å². The van der Waals surface area contributed by atoms with Gasteiger partial charge in [0.25, 0.3) is 0 Å². The molecule has 0 aromatic carbocycles. The van der Waals surface area contributed by atoms with Gasteiger partial charge in [0.15, 0.2) is 6.10 Å². The molecule has 0 aromatic rings. The third-order valence-electron chi connectivity index (χ3n) is 17.6. The molecule has 0 saturated carbocycles. The molecule has 632 valence electrons. The molecule has 0 rings (SSSR count). The van der Waals surface area contributed by atoms with Crippen LogP contribution in [0.15, 0.2) is 182 Å². The average Bonchev–Trinajstić information content (AvgIpc) is 0.900. The molecule has 0 bridgehead atoms. The Morgan fingerprint density at radius 3 is 0.757 bits per heavy atom. The molecule has 0 amide bonds. The maximum Gasteiger partial charge on any atom is 0.472 e. The summed E-state index contributed by atoms with van der Waals surface area (Å²) in [6.45, 7) is 2.41. The van der Waals surface area contributed by atoms with Crippen LogP contribution < -0.4 is 0 Å². The molecule has 0 aliphatic rings. The number of phosphoric ester groups is 2. The normalized spacial score (nSPS) is 14.8. The first-order chi connectivity index (χ1) is 54.2. The molecule has 5 unspecified atom stereocenters. The van der Waals surface area contributed by atoms with E-state index >= 15 is 0 Å². The van der Waals surface area contributed by atoms with Crippen molar-refractivity contribution < 1.29 is 75.8 Å². The van der Waals surface area contributed by atoms with Crippen molar-refractivity contribution in [3.8, 4) is 0 Å². The minimum absolute atomic E-state index is 0.0823. The second-order valence-corrected chi connectivity index (χ2v) is 31.1. The number of aliphatic hydroxyl groups excluding tert-OH is 2. The summed E-state index contributed by atoms with van der Waals surface area (Å²) in [7, 11) is -9.82. The van der Waals surface area contributed by atoms with Crippen LogP contribution in [0.2, 0.25) is 0 Å². The lowest BCUT2D eigenvalue weighted by Crippen LogP contribution is -2.30. The Bertz CT molecular complexity index is 2750. The fourth-order valence-electron chi connectivity index (χ4n) is 11.1. The molecule has 4 N–H and O–H groups in total. The van der Waals surface area contributed by atoms with Crippen LogP contribution in [0.4, 0.5) is 0 Å². The van der Waals surface area contributed by atoms with Gasteiger partial charge in [0, 0.05) is 19.3 Å². The summed E-state index contributed by atoms with van der Waals surface area (Å²) >= 11 is 0. The standard InChI is InChI=1S/C93H154O16P2/c1-4-7-10-13-16-19-22-25-28-31-34-36-38-40-42-43-45-47-48-50-53-55-58-61-64-67-70-73-76-79-91(96)103-82-88(94)83-105-110(99,100)106-84-89(95)85-107-111(101,102)108-87-90(109-93(98)81-78-75-72-69-66-63-60-57-52-33-30-27-24-21-18-15-12-9-6-3)86-104-92(97)80-77-74-71-68-65-62-59-56-54-51-49-46-44-41-39-37-35-32-29-26-23-20-17-14-11-8-5-2/h7-8,10-11,16-21,25-30,34-37,40-42,44-45,47,49,51-52,57,88-90,94-95H,4-6,9,12-15,22-24,31-33,38-39,43,46,48,50,53-56,58-87H2,1-3H3,(H,99,100)(H,101,102)/b10-7-,11-8-,19-16-,20-17-,21-18-,28-25-,29-26-,30-27-,36-34-,37-35-,42-40-,44-41-,47-45-,51-49-,57-52-. The predicted molar refractivity (Wildman–Crippen MR) is 463 cm³/mol. The fourth-order valence-corrected chi connectivity index (χ4v) is 12.7. The number of carbonyl (C=O) groups is 3. The van der Waals surface area contributed by atoms with Gasteiger partial charge >= 0.3 is 33.6 Å². The second-order valence-electron chi connectivity index (χ2n) is 28.2. The summed E-state index contributed by atoms with van der Waals surface area (Å²) in [6, 6.07) is 0. The number of allylic oxidation sites excluding steroid dienone is 30. The van der Waals surface area contributed by atoms with Crippen molar-refractivity contribution in [2.45, 2.75) is 347 Å². The molecular weight excluding hydrogens is 1430 g/mol. The molecule has 0 saturated heterocycles. The van der Waals surface area contributed by atoms with Gasteiger partial charge < -0.3 is 34.2 Å². The van der Waals surface area contributed by atoms with Crippen molar-refractivity contribution in [3.05, 3.63) is 182 Å². The van der Waals surface area contributed by atoms with E-state index in [0.717, 1.165) is 212 Å². The van der Waals surface area contributed by atoms with E-state index in [1.807, 2.05) is 0 Å². The van der Waals surface area contributed by atoms with E-state index in [1.54, 1.807) is 0 Å². The lowest BCUT2D eigenvalue weighted by atomic mass is 10.1. The SMILES string of the molecule is CC/C=C\C/C=C\C/C=C\C/C=C\C/C=C\C/C=C\CCCCCCCCCCCCC(=O)OCC(O)COP(=O)(O)OCC(O)COP(=O)(O)OCC(COC(=O)CCCCCCCCCC/C=C\C/C=C\C/C=C\C/C=C\C/C=C\C/C=C\CC)OC(=O)CCCCCCCC/C=C\C/C=C\C/C=C\CCCCC. The largest absolute Gasteiger partial charge is 0.472 e. The molecule has 0 aliphatic heterocycles. The number of hydrogen-bond donors (Lipinski definition) is 4. The summed E-state index contributed by atoms with van der Waals surface area (Å²) in [5.74, 6) is -1.61. The van der Waals surface area contributed by atoms with Crippen molar-refractivity contribution in [2.24, 2.45) is 0 Å². The van der Waals surface area contributed by atoms with E-state index in [0.29, 0.717) is 19.3 Å². The highest BCUT2D eigenvalue weighted by atomic mass is 31.2. The minimum atomic E-state index is -4.95. The molecule has 0 heterocycles. The number of unbranched alkanes of at least 4 members (excludes halogenated alkanes) is 27. The molecule has 5 atom stereocenters. The Hall–Kier alpha value is -5.35. The van der Waals surface area contributed by atoms with E-state index in [1.165, 1.54) is 57.8 Å².